The number of Topliss-reactive ketones (excluding diaryl/α,β-unsaturated/α-hetero) is 1. The third-order valence-corrected chi connectivity index (χ3v) is 6.29. The number of aromatic nitrogens is 1. The Kier molecular flexibility index (Phi) is 6.03. The molecular weight excluding hydrogens is 423 g/mol. The quantitative estimate of drug-likeness (QED) is 0.697. The molecular formula is C23H26F3N3O3. The number of anilines is 1. The molecule has 4 rings (SSSR count). The number of piperazine rings is 1. The van der Waals surface area contributed by atoms with Gasteiger partial charge in [0.25, 0.3) is 0 Å². The normalized spacial score (nSPS) is 19.2. The molecule has 1 unspecified atom stereocenters. The van der Waals surface area contributed by atoms with Gasteiger partial charge in [0.2, 0.25) is 0 Å². The zero-order chi connectivity index (χ0) is 23.0. The number of ether oxygens (including phenoxy) is 2. The maximum atomic E-state index is 13.4. The van der Waals surface area contributed by atoms with E-state index in [1.54, 1.807) is 13.2 Å². The minimum Gasteiger partial charge on any atom is -0.493 e. The van der Waals surface area contributed by atoms with E-state index in [0.717, 1.165) is 43.5 Å². The van der Waals surface area contributed by atoms with Crippen LogP contribution < -0.4 is 14.4 Å². The van der Waals surface area contributed by atoms with Crippen LogP contribution in [0, 0.1) is 5.92 Å². The van der Waals surface area contributed by atoms with Crippen molar-refractivity contribution in [3.05, 3.63) is 46.8 Å². The summed E-state index contributed by atoms with van der Waals surface area (Å²) in [6.07, 6.45) is -2.92. The number of carbonyl (C=O) groups is 1. The number of fused-ring (bicyclic) bond motifs is 1. The Morgan fingerprint density at radius 2 is 1.88 bits per heavy atom. The van der Waals surface area contributed by atoms with Crippen LogP contribution in [-0.4, -0.2) is 63.1 Å². The maximum Gasteiger partial charge on any atom is 0.418 e. The second-order valence-corrected chi connectivity index (χ2v) is 8.24. The van der Waals surface area contributed by atoms with Crippen molar-refractivity contribution in [3.8, 4) is 11.5 Å². The second-order valence-electron chi connectivity index (χ2n) is 8.24. The monoisotopic (exact) mass is 449 g/mol. The number of hydrogen-bond acceptors (Lipinski definition) is 6. The molecule has 1 fully saturated rings. The van der Waals surface area contributed by atoms with Crippen molar-refractivity contribution in [2.75, 3.05) is 52.3 Å². The van der Waals surface area contributed by atoms with E-state index in [2.05, 4.69) is 21.8 Å². The van der Waals surface area contributed by atoms with Gasteiger partial charge in [0, 0.05) is 50.3 Å². The topological polar surface area (TPSA) is 54.9 Å². The lowest BCUT2D eigenvalue weighted by Gasteiger charge is -2.36. The Labute approximate surface area is 184 Å². The molecule has 0 saturated carbocycles. The van der Waals surface area contributed by atoms with Crippen molar-refractivity contribution in [1.29, 1.82) is 0 Å². The molecule has 1 atom stereocenters. The van der Waals surface area contributed by atoms with Crippen LogP contribution in [0.1, 0.15) is 27.2 Å². The highest BCUT2D eigenvalue weighted by molar-refractivity contribution is 6.05. The summed E-state index contributed by atoms with van der Waals surface area (Å²) in [4.78, 5) is 21.6. The first-order valence-electron chi connectivity index (χ1n) is 10.5. The zero-order valence-corrected chi connectivity index (χ0v) is 18.3. The molecule has 0 bridgehead atoms. The van der Waals surface area contributed by atoms with E-state index in [1.165, 1.54) is 19.4 Å². The summed E-state index contributed by atoms with van der Waals surface area (Å²) in [5, 5.41) is 0. The summed E-state index contributed by atoms with van der Waals surface area (Å²) in [6, 6.07) is 3.93. The van der Waals surface area contributed by atoms with Gasteiger partial charge in [0.1, 0.15) is 0 Å². The number of likely N-dealkylation sites (N-methyl/N-ethyl adjacent to an activating group) is 1. The molecule has 6 nitrogen and oxygen atoms in total. The van der Waals surface area contributed by atoms with Crippen LogP contribution in [0.25, 0.3) is 0 Å². The van der Waals surface area contributed by atoms with Crippen LogP contribution in [-0.2, 0) is 19.0 Å². The number of pyridine rings is 1. The number of hydrogen-bond donors (Lipinski definition) is 0. The van der Waals surface area contributed by atoms with E-state index >= 15 is 0 Å². The third-order valence-electron chi connectivity index (χ3n) is 6.29. The van der Waals surface area contributed by atoms with Crippen molar-refractivity contribution in [2.24, 2.45) is 5.92 Å². The first-order valence-corrected chi connectivity index (χ1v) is 10.5. The van der Waals surface area contributed by atoms with Crippen LogP contribution in [0.15, 0.2) is 24.4 Å². The first kappa shape index (κ1) is 22.4. The Balaban J connectivity index is 1.73. The van der Waals surface area contributed by atoms with Gasteiger partial charge in [-0.15, -0.1) is 0 Å². The molecule has 9 heteroatoms. The van der Waals surface area contributed by atoms with Gasteiger partial charge in [-0.25, -0.2) is 0 Å². The fourth-order valence-electron chi connectivity index (χ4n) is 4.62. The fraction of sp³-hybridized carbons (Fsp3) is 0.478. The van der Waals surface area contributed by atoms with Gasteiger partial charge >= 0.3 is 6.18 Å². The molecule has 0 amide bonds. The van der Waals surface area contributed by atoms with Gasteiger partial charge in [0.05, 0.1) is 31.2 Å². The van der Waals surface area contributed by atoms with Crippen LogP contribution in [0.2, 0.25) is 0 Å². The lowest BCUT2D eigenvalue weighted by molar-refractivity contribution is -0.138. The van der Waals surface area contributed by atoms with Crippen molar-refractivity contribution in [3.63, 3.8) is 0 Å². The molecule has 0 N–H and O–H groups in total. The molecule has 2 aromatic rings. The van der Waals surface area contributed by atoms with Gasteiger partial charge in [-0.2, -0.15) is 13.2 Å². The predicted molar refractivity (Wildman–Crippen MR) is 114 cm³/mol. The Morgan fingerprint density at radius 1 is 1.16 bits per heavy atom. The number of nitrogens with zero attached hydrogens (tertiary/aromatic N) is 3. The molecule has 2 aliphatic rings. The van der Waals surface area contributed by atoms with Crippen molar-refractivity contribution in [1.82, 2.24) is 9.88 Å². The number of rotatable bonds is 5. The molecule has 32 heavy (non-hydrogen) atoms. The number of benzene rings is 1. The van der Waals surface area contributed by atoms with Crippen molar-refractivity contribution < 1.29 is 27.4 Å². The van der Waals surface area contributed by atoms with E-state index < -0.39 is 17.7 Å². The number of halogens is 3. The average molecular weight is 449 g/mol. The highest BCUT2D eigenvalue weighted by atomic mass is 19.4. The van der Waals surface area contributed by atoms with Crippen LogP contribution >= 0.6 is 0 Å². The molecule has 172 valence electrons. The molecule has 0 radical (unpaired) electrons. The summed E-state index contributed by atoms with van der Waals surface area (Å²) in [7, 11) is 5.12. The van der Waals surface area contributed by atoms with Crippen LogP contribution in [0.3, 0.4) is 0 Å². The summed E-state index contributed by atoms with van der Waals surface area (Å²) in [6.45, 7) is 3.22. The van der Waals surface area contributed by atoms with E-state index in [1.807, 2.05) is 0 Å². The number of ketones is 1. The average Bonchev–Trinajstić information content (AvgIpc) is 3.07. The van der Waals surface area contributed by atoms with Gasteiger partial charge in [-0.1, -0.05) is 0 Å². The first-order chi connectivity index (χ1) is 15.2. The standard InChI is InChI=1S/C23H26F3N3O3/c1-28-7-9-29(10-8-28)20-15-11-14(12-18-17(23(24,25)26)5-4-6-27-18)21(30)16(15)13-19(31-2)22(20)32-3/h4-6,13-14H,7-12H2,1-3H3. The van der Waals surface area contributed by atoms with Crippen LogP contribution in [0.5, 0.6) is 11.5 Å². The Morgan fingerprint density at radius 3 is 2.50 bits per heavy atom. The van der Waals surface area contributed by atoms with E-state index in [9.17, 15) is 18.0 Å². The lowest BCUT2D eigenvalue weighted by atomic mass is 9.96. The minimum atomic E-state index is -4.52. The summed E-state index contributed by atoms with van der Waals surface area (Å²) in [5.74, 6) is 0.195. The molecule has 1 aromatic heterocycles. The minimum absolute atomic E-state index is 0.0734. The zero-order valence-electron chi connectivity index (χ0n) is 18.3. The number of methoxy groups -OCH3 is 2. The summed E-state index contributed by atoms with van der Waals surface area (Å²) >= 11 is 0. The fourth-order valence-corrected chi connectivity index (χ4v) is 4.62. The van der Waals surface area contributed by atoms with E-state index in [-0.39, 0.29) is 17.9 Å². The Hall–Kier alpha value is -2.81. The summed E-state index contributed by atoms with van der Waals surface area (Å²) < 4.78 is 51.5. The second kappa shape index (κ2) is 8.61. The highest BCUT2D eigenvalue weighted by Crippen LogP contribution is 2.47. The lowest BCUT2D eigenvalue weighted by Crippen LogP contribution is -2.45. The van der Waals surface area contributed by atoms with Gasteiger partial charge < -0.3 is 19.3 Å². The summed E-state index contributed by atoms with van der Waals surface area (Å²) in [5.41, 5.74) is 1.21. The molecule has 1 saturated heterocycles. The SMILES string of the molecule is COc1cc2c(c(N3CCN(C)CC3)c1OC)CC(Cc1ncccc1C(F)(F)F)C2=O. The molecule has 1 aromatic carbocycles. The molecule has 1 aliphatic carbocycles. The molecule has 0 spiro atoms. The molecule has 1 aliphatic heterocycles. The van der Waals surface area contributed by atoms with Crippen molar-refractivity contribution >= 4 is 11.5 Å². The van der Waals surface area contributed by atoms with E-state index in [0.29, 0.717) is 23.5 Å². The van der Waals surface area contributed by atoms with Gasteiger partial charge in [-0.05, 0) is 37.2 Å². The smallest absolute Gasteiger partial charge is 0.418 e. The Bertz CT molecular complexity index is 1020. The van der Waals surface area contributed by atoms with E-state index in [4.69, 9.17) is 9.47 Å². The predicted octanol–water partition coefficient (Wildman–Crippen LogP) is 3.47. The van der Waals surface area contributed by atoms with Gasteiger partial charge in [0.15, 0.2) is 17.3 Å². The van der Waals surface area contributed by atoms with Gasteiger partial charge in [-0.3, -0.25) is 9.78 Å². The number of carbonyl (C=O) groups excluding carboxylic acids is 1. The number of alkyl halides is 3. The van der Waals surface area contributed by atoms with Crippen molar-refractivity contribution in [2.45, 2.75) is 19.0 Å². The highest BCUT2D eigenvalue weighted by Gasteiger charge is 2.40. The third kappa shape index (κ3) is 4.01. The maximum absolute atomic E-state index is 13.4. The van der Waals surface area contributed by atoms with Crippen LogP contribution in [0.4, 0.5) is 18.9 Å². The molecule has 2 heterocycles. The largest absolute Gasteiger partial charge is 0.493 e.